The Kier molecular flexibility index (Phi) is 4.61. The Hall–Kier alpha value is -2.15. The molecule has 1 unspecified atom stereocenters. The fraction of sp³-hybridized carbons (Fsp3) is 0.364. The molecule has 0 bridgehead atoms. The van der Waals surface area contributed by atoms with Crippen molar-refractivity contribution in [2.24, 2.45) is 0 Å². The molecule has 7 nitrogen and oxygen atoms in total. The molecule has 0 fully saturated rings. The summed E-state index contributed by atoms with van der Waals surface area (Å²) in [6, 6.07) is 3.77. The average molecular weight is 254 g/mol. The first-order valence-corrected chi connectivity index (χ1v) is 5.19. The number of anilines is 1. The van der Waals surface area contributed by atoms with Gasteiger partial charge in [0.25, 0.3) is 5.69 Å². The van der Waals surface area contributed by atoms with Gasteiger partial charge in [0.05, 0.1) is 17.1 Å². The first-order chi connectivity index (χ1) is 8.45. The number of benzene rings is 1. The third kappa shape index (κ3) is 3.42. The number of nitrogen functional groups attached to an aromatic ring is 1. The summed E-state index contributed by atoms with van der Waals surface area (Å²) in [5.41, 5.74) is 5.19. The number of hydrogen-bond donors (Lipinski definition) is 1. The third-order valence-electron chi connectivity index (χ3n) is 2.17. The van der Waals surface area contributed by atoms with Crippen molar-refractivity contribution in [2.75, 3.05) is 19.5 Å². The van der Waals surface area contributed by atoms with Crippen LogP contribution in [0.3, 0.4) is 0 Å². The van der Waals surface area contributed by atoms with Gasteiger partial charge in [-0.3, -0.25) is 10.1 Å². The van der Waals surface area contributed by atoms with E-state index in [0.717, 1.165) is 6.07 Å². The van der Waals surface area contributed by atoms with E-state index in [0.29, 0.717) is 0 Å². The molecule has 7 heteroatoms. The number of carbonyl (C=O) groups excluding carboxylic acids is 1. The second-order valence-electron chi connectivity index (χ2n) is 3.70. The Balaban J connectivity index is 2.87. The molecule has 1 atom stereocenters. The van der Waals surface area contributed by atoms with Crippen LogP contribution >= 0.6 is 0 Å². The van der Waals surface area contributed by atoms with E-state index in [9.17, 15) is 14.9 Å². The SMILES string of the molecule is COCC(C)OC(=O)c1ccc(N)c([N+](=O)[O-])c1. The van der Waals surface area contributed by atoms with Gasteiger partial charge < -0.3 is 15.2 Å². The predicted octanol–water partition coefficient (Wildman–Crippen LogP) is 1.37. The Bertz CT molecular complexity index is 461. The number of carbonyl (C=O) groups is 1. The van der Waals surface area contributed by atoms with Crippen molar-refractivity contribution in [1.29, 1.82) is 0 Å². The number of rotatable bonds is 5. The van der Waals surface area contributed by atoms with Crippen molar-refractivity contribution in [3.05, 3.63) is 33.9 Å². The van der Waals surface area contributed by atoms with E-state index in [1.807, 2.05) is 0 Å². The van der Waals surface area contributed by atoms with Gasteiger partial charge in [0.1, 0.15) is 11.8 Å². The summed E-state index contributed by atoms with van der Waals surface area (Å²) in [5.74, 6) is -0.650. The van der Waals surface area contributed by atoms with Crippen LogP contribution in [0.5, 0.6) is 0 Å². The zero-order chi connectivity index (χ0) is 13.7. The molecule has 18 heavy (non-hydrogen) atoms. The maximum absolute atomic E-state index is 11.7. The normalized spacial score (nSPS) is 11.9. The van der Waals surface area contributed by atoms with E-state index in [4.69, 9.17) is 15.2 Å². The molecular weight excluding hydrogens is 240 g/mol. The number of methoxy groups -OCH3 is 1. The lowest BCUT2D eigenvalue weighted by Crippen LogP contribution is -2.19. The zero-order valence-corrected chi connectivity index (χ0v) is 10.1. The standard InChI is InChI=1S/C11H14N2O5/c1-7(6-17-2)18-11(14)8-3-4-9(12)10(5-8)13(15)16/h3-5,7H,6,12H2,1-2H3. The molecule has 0 aliphatic heterocycles. The fourth-order valence-electron chi connectivity index (χ4n) is 1.35. The van der Waals surface area contributed by atoms with Crippen molar-refractivity contribution in [2.45, 2.75) is 13.0 Å². The zero-order valence-electron chi connectivity index (χ0n) is 10.1. The molecule has 0 saturated carbocycles. The van der Waals surface area contributed by atoms with Crippen LogP contribution in [0.4, 0.5) is 11.4 Å². The number of ether oxygens (including phenoxy) is 2. The Morgan fingerprint density at radius 1 is 1.56 bits per heavy atom. The largest absolute Gasteiger partial charge is 0.457 e. The van der Waals surface area contributed by atoms with Crippen LogP contribution < -0.4 is 5.73 Å². The van der Waals surface area contributed by atoms with Gasteiger partial charge in [-0.2, -0.15) is 0 Å². The summed E-state index contributed by atoms with van der Waals surface area (Å²) >= 11 is 0. The molecule has 0 aromatic heterocycles. The molecule has 0 radical (unpaired) electrons. The van der Waals surface area contributed by atoms with Crippen LogP contribution in [-0.2, 0) is 9.47 Å². The minimum atomic E-state index is -0.650. The molecule has 0 spiro atoms. The maximum atomic E-state index is 11.7. The van der Waals surface area contributed by atoms with Crippen molar-refractivity contribution in [3.8, 4) is 0 Å². The Morgan fingerprint density at radius 3 is 2.78 bits per heavy atom. The first-order valence-electron chi connectivity index (χ1n) is 5.19. The lowest BCUT2D eigenvalue weighted by Gasteiger charge is -2.12. The Labute approximate surface area is 104 Å². The lowest BCUT2D eigenvalue weighted by molar-refractivity contribution is -0.383. The predicted molar refractivity (Wildman–Crippen MR) is 64.3 cm³/mol. The summed E-state index contributed by atoms with van der Waals surface area (Å²) in [6.07, 6.45) is -0.431. The molecule has 0 saturated heterocycles. The van der Waals surface area contributed by atoms with E-state index in [1.165, 1.54) is 19.2 Å². The van der Waals surface area contributed by atoms with Gasteiger partial charge in [0.2, 0.25) is 0 Å². The van der Waals surface area contributed by atoms with E-state index < -0.39 is 17.0 Å². The van der Waals surface area contributed by atoms with Gasteiger partial charge >= 0.3 is 5.97 Å². The molecular formula is C11H14N2O5. The second kappa shape index (κ2) is 5.97. The molecule has 1 aromatic carbocycles. The molecule has 2 N–H and O–H groups in total. The van der Waals surface area contributed by atoms with E-state index in [1.54, 1.807) is 6.92 Å². The third-order valence-corrected chi connectivity index (χ3v) is 2.17. The van der Waals surface area contributed by atoms with Gasteiger partial charge in [-0.1, -0.05) is 0 Å². The highest BCUT2D eigenvalue weighted by Gasteiger charge is 2.18. The highest BCUT2D eigenvalue weighted by molar-refractivity contribution is 5.91. The van der Waals surface area contributed by atoms with Gasteiger partial charge in [0, 0.05) is 13.2 Å². The minimum Gasteiger partial charge on any atom is -0.457 e. The van der Waals surface area contributed by atoms with Crippen LogP contribution in [-0.4, -0.2) is 30.7 Å². The quantitative estimate of drug-likeness (QED) is 0.368. The first kappa shape index (κ1) is 13.9. The van der Waals surface area contributed by atoms with Crippen molar-refractivity contribution >= 4 is 17.3 Å². The molecule has 98 valence electrons. The molecule has 0 amide bonds. The van der Waals surface area contributed by atoms with Crippen LogP contribution in [0.25, 0.3) is 0 Å². The lowest BCUT2D eigenvalue weighted by atomic mass is 10.2. The summed E-state index contributed by atoms with van der Waals surface area (Å²) in [6.45, 7) is 1.91. The van der Waals surface area contributed by atoms with E-state index in [2.05, 4.69) is 0 Å². The van der Waals surface area contributed by atoms with Crippen molar-refractivity contribution in [1.82, 2.24) is 0 Å². The van der Waals surface area contributed by atoms with E-state index >= 15 is 0 Å². The van der Waals surface area contributed by atoms with Crippen molar-refractivity contribution in [3.63, 3.8) is 0 Å². The topological polar surface area (TPSA) is 105 Å². The molecule has 1 aromatic rings. The number of nitrogens with two attached hydrogens (primary N) is 1. The molecule has 1 rings (SSSR count). The fourth-order valence-corrected chi connectivity index (χ4v) is 1.35. The minimum absolute atomic E-state index is 0.00138. The second-order valence-corrected chi connectivity index (χ2v) is 3.70. The molecule has 0 heterocycles. The Morgan fingerprint density at radius 2 is 2.22 bits per heavy atom. The number of esters is 1. The van der Waals surface area contributed by atoms with Crippen LogP contribution in [0, 0.1) is 10.1 Å². The monoisotopic (exact) mass is 254 g/mol. The summed E-state index contributed by atoms with van der Waals surface area (Å²) < 4.78 is 9.84. The summed E-state index contributed by atoms with van der Waals surface area (Å²) in [4.78, 5) is 21.7. The van der Waals surface area contributed by atoms with Crippen LogP contribution in [0.15, 0.2) is 18.2 Å². The number of nitro benzene ring substituents is 1. The van der Waals surface area contributed by atoms with Gasteiger partial charge in [-0.15, -0.1) is 0 Å². The highest BCUT2D eigenvalue weighted by atomic mass is 16.6. The van der Waals surface area contributed by atoms with Crippen molar-refractivity contribution < 1.29 is 19.2 Å². The number of nitrogens with zero attached hydrogens (tertiary/aromatic N) is 1. The number of nitro groups is 1. The average Bonchev–Trinajstić information content (AvgIpc) is 2.29. The maximum Gasteiger partial charge on any atom is 0.338 e. The molecule has 0 aliphatic carbocycles. The van der Waals surface area contributed by atoms with Gasteiger partial charge in [-0.25, -0.2) is 4.79 Å². The highest BCUT2D eigenvalue weighted by Crippen LogP contribution is 2.22. The van der Waals surface area contributed by atoms with E-state index in [-0.39, 0.29) is 23.5 Å². The molecule has 0 aliphatic rings. The smallest absolute Gasteiger partial charge is 0.338 e. The van der Waals surface area contributed by atoms with Gasteiger partial charge in [0.15, 0.2) is 0 Å². The van der Waals surface area contributed by atoms with Crippen LogP contribution in [0.2, 0.25) is 0 Å². The summed E-state index contributed by atoms with van der Waals surface area (Å²) in [7, 11) is 1.48. The van der Waals surface area contributed by atoms with Gasteiger partial charge in [-0.05, 0) is 19.1 Å². The van der Waals surface area contributed by atoms with Crippen LogP contribution in [0.1, 0.15) is 17.3 Å². The number of hydrogen-bond acceptors (Lipinski definition) is 6. The summed E-state index contributed by atoms with van der Waals surface area (Å²) in [5, 5.41) is 10.7.